The van der Waals surface area contributed by atoms with Crippen molar-refractivity contribution in [1.29, 1.82) is 0 Å². The van der Waals surface area contributed by atoms with Gasteiger partial charge < -0.3 is 10.8 Å². The first kappa shape index (κ1) is 10.2. The van der Waals surface area contributed by atoms with E-state index in [9.17, 15) is 5.11 Å². The molecule has 10 heavy (non-hydrogen) atoms. The Morgan fingerprint density at radius 2 is 1.90 bits per heavy atom. The van der Waals surface area contributed by atoms with Gasteiger partial charge in [-0.1, -0.05) is 12.8 Å². The summed E-state index contributed by atoms with van der Waals surface area (Å²) in [6.07, 6.45) is 4.69. The van der Waals surface area contributed by atoms with Crippen molar-refractivity contribution in [3.05, 3.63) is 0 Å². The van der Waals surface area contributed by atoms with Crippen LogP contribution in [0.2, 0.25) is 0 Å². The SMILES string of the molecule is Cl.NCC(O)C1CCCC1. The Labute approximate surface area is 68.2 Å². The maximum Gasteiger partial charge on any atom is 0.0690 e. The van der Waals surface area contributed by atoms with Gasteiger partial charge in [0.25, 0.3) is 0 Å². The zero-order valence-corrected chi connectivity index (χ0v) is 6.94. The number of nitrogens with two attached hydrogens (primary N) is 1. The van der Waals surface area contributed by atoms with E-state index in [1.54, 1.807) is 0 Å². The molecule has 0 bridgehead atoms. The van der Waals surface area contributed by atoms with Crippen molar-refractivity contribution in [3.8, 4) is 0 Å². The summed E-state index contributed by atoms with van der Waals surface area (Å²) in [5.74, 6) is 0.509. The van der Waals surface area contributed by atoms with Gasteiger partial charge in [-0.2, -0.15) is 0 Å². The Morgan fingerprint density at radius 1 is 1.40 bits per heavy atom. The topological polar surface area (TPSA) is 46.2 Å². The lowest BCUT2D eigenvalue weighted by Gasteiger charge is -2.14. The van der Waals surface area contributed by atoms with Crippen LogP contribution in [0.5, 0.6) is 0 Å². The number of hydrogen-bond donors (Lipinski definition) is 2. The van der Waals surface area contributed by atoms with Crippen LogP contribution in [-0.4, -0.2) is 17.8 Å². The van der Waals surface area contributed by atoms with E-state index in [1.807, 2.05) is 0 Å². The van der Waals surface area contributed by atoms with E-state index in [4.69, 9.17) is 5.73 Å². The molecule has 3 N–H and O–H groups in total. The quantitative estimate of drug-likeness (QED) is 0.639. The van der Waals surface area contributed by atoms with Gasteiger partial charge in [0.2, 0.25) is 0 Å². The molecule has 0 saturated heterocycles. The van der Waals surface area contributed by atoms with E-state index in [0.717, 1.165) is 0 Å². The number of halogens is 1. The van der Waals surface area contributed by atoms with Crippen LogP contribution < -0.4 is 5.73 Å². The molecule has 1 rings (SSSR count). The summed E-state index contributed by atoms with van der Waals surface area (Å²) < 4.78 is 0. The van der Waals surface area contributed by atoms with Crippen molar-refractivity contribution < 1.29 is 5.11 Å². The zero-order valence-electron chi connectivity index (χ0n) is 6.12. The van der Waals surface area contributed by atoms with Crippen molar-refractivity contribution >= 4 is 12.4 Å². The molecule has 0 spiro atoms. The minimum Gasteiger partial charge on any atom is -0.392 e. The molecule has 1 unspecified atom stereocenters. The number of rotatable bonds is 2. The Hall–Kier alpha value is 0.210. The van der Waals surface area contributed by atoms with Crippen molar-refractivity contribution in [1.82, 2.24) is 0 Å². The van der Waals surface area contributed by atoms with Crippen LogP contribution in [0, 0.1) is 5.92 Å². The molecule has 0 radical (unpaired) electrons. The highest BCUT2D eigenvalue weighted by molar-refractivity contribution is 5.85. The fourth-order valence-corrected chi connectivity index (χ4v) is 1.53. The van der Waals surface area contributed by atoms with Gasteiger partial charge >= 0.3 is 0 Å². The molecule has 62 valence electrons. The maximum atomic E-state index is 9.23. The smallest absolute Gasteiger partial charge is 0.0690 e. The van der Waals surface area contributed by atoms with Gasteiger partial charge in [-0.3, -0.25) is 0 Å². The van der Waals surface area contributed by atoms with Gasteiger partial charge in [0.15, 0.2) is 0 Å². The number of aliphatic hydroxyl groups excluding tert-OH is 1. The van der Waals surface area contributed by atoms with Gasteiger partial charge in [0, 0.05) is 6.54 Å². The standard InChI is InChI=1S/C7H15NO.ClH/c8-5-7(9)6-3-1-2-4-6;/h6-7,9H,1-5,8H2;1H. The lowest BCUT2D eigenvalue weighted by molar-refractivity contribution is 0.118. The Morgan fingerprint density at radius 3 is 2.30 bits per heavy atom. The second kappa shape index (κ2) is 4.94. The molecule has 0 heterocycles. The van der Waals surface area contributed by atoms with Crippen molar-refractivity contribution in [2.45, 2.75) is 31.8 Å². The van der Waals surface area contributed by atoms with E-state index in [2.05, 4.69) is 0 Å². The monoisotopic (exact) mass is 165 g/mol. The highest BCUT2D eigenvalue weighted by Gasteiger charge is 2.21. The lowest BCUT2D eigenvalue weighted by atomic mass is 10.0. The molecule has 1 atom stereocenters. The van der Waals surface area contributed by atoms with Crippen LogP contribution in [0.3, 0.4) is 0 Å². The average molecular weight is 166 g/mol. The van der Waals surface area contributed by atoms with Crippen LogP contribution in [0.1, 0.15) is 25.7 Å². The van der Waals surface area contributed by atoms with Crippen LogP contribution in [0.15, 0.2) is 0 Å². The van der Waals surface area contributed by atoms with Crippen LogP contribution >= 0.6 is 12.4 Å². The molecule has 0 aromatic carbocycles. The second-order valence-corrected chi connectivity index (χ2v) is 2.85. The molecule has 0 aromatic rings. The van der Waals surface area contributed by atoms with E-state index in [0.29, 0.717) is 12.5 Å². The van der Waals surface area contributed by atoms with Gasteiger partial charge in [-0.15, -0.1) is 12.4 Å². The van der Waals surface area contributed by atoms with Gasteiger partial charge in [-0.05, 0) is 18.8 Å². The highest BCUT2D eigenvalue weighted by atomic mass is 35.5. The molecular formula is C7H16ClNO. The lowest BCUT2D eigenvalue weighted by Crippen LogP contribution is -2.26. The Kier molecular flexibility index (Phi) is 5.04. The van der Waals surface area contributed by atoms with E-state index in [1.165, 1.54) is 25.7 Å². The van der Waals surface area contributed by atoms with Gasteiger partial charge in [-0.25, -0.2) is 0 Å². The first-order valence-electron chi connectivity index (χ1n) is 3.72. The summed E-state index contributed by atoms with van der Waals surface area (Å²) in [5.41, 5.74) is 5.30. The van der Waals surface area contributed by atoms with Gasteiger partial charge in [0.05, 0.1) is 6.10 Å². The normalized spacial score (nSPS) is 22.2. The van der Waals surface area contributed by atoms with E-state index < -0.39 is 0 Å². The summed E-state index contributed by atoms with van der Waals surface area (Å²) >= 11 is 0. The van der Waals surface area contributed by atoms with Crippen LogP contribution in [0.4, 0.5) is 0 Å². The van der Waals surface area contributed by atoms with Crippen molar-refractivity contribution in [3.63, 3.8) is 0 Å². The van der Waals surface area contributed by atoms with Crippen molar-refractivity contribution in [2.24, 2.45) is 11.7 Å². The predicted molar refractivity (Wildman–Crippen MR) is 44.3 cm³/mol. The summed E-state index contributed by atoms with van der Waals surface area (Å²) in [5, 5.41) is 9.23. The van der Waals surface area contributed by atoms with E-state index >= 15 is 0 Å². The maximum absolute atomic E-state index is 9.23. The molecule has 1 aliphatic carbocycles. The molecule has 1 fully saturated rings. The Bertz CT molecular complexity index is 83.7. The van der Waals surface area contributed by atoms with Crippen molar-refractivity contribution in [2.75, 3.05) is 6.54 Å². The first-order valence-corrected chi connectivity index (χ1v) is 3.72. The largest absolute Gasteiger partial charge is 0.392 e. The third-order valence-electron chi connectivity index (χ3n) is 2.19. The Balaban J connectivity index is 0.000000810. The third-order valence-corrected chi connectivity index (χ3v) is 2.19. The molecule has 0 amide bonds. The minimum atomic E-state index is -0.229. The predicted octanol–water partition coefficient (Wildman–Crippen LogP) is 0.918. The fourth-order valence-electron chi connectivity index (χ4n) is 1.53. The number of hydrogen-bond acceptors (Lipinski definition) is 2. The molecule has 1 saturated carbocycles. The number of aliphatic hydroxyl groups is 1. The van der Waals surface area contributed by atoms with E-state index in [-0.39, 0.29) is 18.5 Å². The molecule has 1 aliphatic rings. The third kappa shape index (κ3) is 2.45. The minimum absolute atomic E-state index is 0. The summed E-state index contributed by atoms with van der Waals surface area (Å²) in [6.45, 7) is 0.435. The first-order chi connectivity index (χ1) is 4.34. The molecule has 0 aliphatic heterocycles. The molecule has 0 aromatic heterocycles. The summed E-state index contributed by atoms with van der Waals surface area (Å²) in [6, 6.07) is 0. The molecule has 2 nitrogen and oxygen atoms in total. The summed E-state index contributed by atoms with van der Waals surface area (Å²) in [7, 11) is 0. The second-order valence-electron chi connectivity index (χ2n) is 2.85. The molecular weight excluding hydrogens is 150 g/mol. The zero-order chi connectivity index (χ0) is 6.69. The summed E-state index contributed by atoms with van der Waals surface area (Å²) in [4.78, 5) is 0. The molecule has 3 heteroatoms. The van der Waals surface area contributed by atoms with Crippen LogP contribution in [0.25, 0.3) is 0 Å². The highest BCUT2D eigenvalue weighted by Crippen LogP contribution is 2.26. The average Bonchev–Trinajstić information content (AvgIpc) is 2.37. The van der Waals surface area contributed by atoms with Gasteiger partial charge in [0.1, 0.15) is 0 Å². The fraction of sp³-hybridized carbons (Fsp3) is 1.00. The van der Waals surface area contributed by atoms with Crippen LogP contribution in [-0.2, 0) is 0 Å².